The van der Waals surface area contributed by atoms with E-state index in [9.17, 15) is 4.39 Å². The Morgan fingerprint density at radius 3 is 2.24 bits per heavy atom. The smallest absolute Gasteiger partial charge is 0.165 e. The first kappa shape index (κ1) is 26.9. The van der Waals surface area contributed by atoms with Crippen LogP contribution in [0.1, 0.15) is 27.2 Å². The molecular weight excluding hydrogens is 584 g/mol. The highest BCUT2D eigenvalue weighted by Crippen LogP contribution is 2.30. The topological polar surface area (TPSA) is 96.7 Å². The van der Waals surface area contributed by atoms with Crippen molar-refractivity contribution < 1.29 is 9.13 Å². The van der Waals surface area contributed by atoms with Crippen LogP contribution in [0.15, 0.2) is 55.1 Å². The molecule has 0 unspecified atom stereocenters. The number of nitrogens with two attached hydrogens (primary N) is 1. The average Bonchev–Trinajstić information content (AvgIpc) is 3.41. The van der Waals surface area contributed by atoms with E-state index in [4.69, 9.17) is 10.5 Å². The van der Waals surface area contributed by atoms with Gasteiger partial charge in [0.05, 0.1) is 17.8 Å². The van der Waals surface area contributed by atoms with Crippen LogP contribution in [0.3, 0.4) is 0 Å². The lowest BCUT2D eigenvalue weighted by molar-refractivity contribution is 0.200. The molecular formula is C27H31FIN7O. The van der Waals surface area contributed by atoms with Crippen molar-refractivity contribution in [3.8, 4) is 16.9 Å². The number of halogens is 2. The molecule has 10 heteroatoms. The summed E-state index contributed by atoms with van der Waals surface area (Å²) < 4.78 is 24.9. The number of aryl methyl sites for hydroxylation is 2. The van der Waals surface area contributed by atoms with Gasteiger partial charge in [0.25, 0.3) is 0 Å². The third-order valence-corrected chi connectivity index (χ3v) is 6.83. The van der Waals surface area contributed by atoms with Gasteiger partial charge in [0, 0.05) is 41.0 Å². The second kappa shape index (κ2) is 11.1. The maximum absolute atomic E-state index is 14.6. The summed E-state index contributed by atoms with van der Waals surface area (Å²) in [6.07, 6.45) is 7.89. The van der Waals surface area contributed by atoms with Gasteiger partial charge >= 0.3 is 0 Å². The van der Waals surface area contributed by atoms with E-state index in [-0.39, 0.29) is 12.4 Å². The molecule has 0 bridgehead atoms. The predicted molar refractivity (Wildman–Crippen MR) is 153 cm³/mol. The van der Waals surface area contributed by atoms with Crippen molar-refractivity contribution in [2.75, 3.05) is 6.61 Å². The molecule has 37 heavy (non-hydrogen) atoms. The Bertz CT molecular complexity index is 1530. The molecule has 0 fully saturated rings. The van der Waals surface area contributed by atoms with Crippen molar-refractivity contribution in [1.29, 1.82) is 0 Å². The largest absolute Gasteiger partial charge is 0.489 e. The predicted octanol–water partition coefficient (Wildman–Crippen LogP) is 5.49. The van der Waals surface area contributed by atoms with Crippen LogP contribution in [-0.4, -0.2) is 41.7 Å². The molecule has 0 radical (unpaired) electrons. The summed E-state index contributed by atoms with van der Waals surface area (Å²) in [7, 11) is 3.73. The minimum absolute atomic E-state index is 0.214. The lowest BCUT2D eigenvalue weighted by atomic mass is 9.93. The van der Waals surface area contributed by atoms with Crippen molar-refractivity contribution in [2.24, 2.45) is 25.7 Å². The van der Waals surface area contributed by atoms with Crippen molar-refractivity contribution in [3.05, 3.63) is 64.5 Å². The Morgan fingerprint density at radius 1 is 1.00 bits per heavy atom. The number of nitrogens with zero attached hydrogens (tertiary/aromatic N) is 6. The van der Waals surface area contributed by atoms with Gasteiger partial charge in [-0.25, -0.2) is 14.4 Å². The van der Waals surface area contributed by atoms with Crippen LogP contribution in [0.5, 0.6) is 5.75 Å². The van der Waals surface area contributed by atoms with E-state index >= 15 is 0 Å². The molecule has 194 valence electrons. The van der Waals surface area contributed by atoms with Crippen LogP contribution in [-0.2, 0) is 14.1 Å². The highest BCUT2D eigenvalue weighted by Gasteiger charge is 2.22. The summed E-state index contributed by atoms with van der Waals surface area (Å²) in [6, 6.07) is 8.81. The van der Waals surface area contributed by atoms with Gasteiger partial charge in [0.15, 0.2) is 22.9 Å². The Hall–Kier alpha value is -3.12. The number of ether oxygens (including phenoxy) is 1. The zero-order valence-corrected chi connectivity index (χ0v) is 23.8. The molecule has 0 aliphatic carbocycles. The van der Waals surface area contributed by atoms with Crippen molar-refractivity contribution >= 4 is 44.7 Å². The summed E-state index contributed by atoms with van der Waals surface area (Å²) in [5.74, 6) is 0.261. The van der Waals surface area contributed by atoms with Crippen LogP contribution in [0.4, 0.5) is 4.39 Å². The fourth-order valence-electron chi connectivity index (χ4n) is 4.33. The van der Waals surface area contributed by atoms with Crippen LogP contribution in [0, 0.1) is 15.3 Å². The Labute approximate surface area is 229 Å². The number of hydrogen-bond donors (Lipinski definition) is 1. The van der Waals surface area contributed by atoms with E-state index in [1.54, 1.807) is 34.0 Å². The van der Waals surface area contributed by atoms with E-state index in [2.05, 4.69) is 56.6 Å². The van der Waals surface area contributed by atoms with E-state index in [1.807, 2.05) is 45.4 Å². The van der Waals surface area contributed by atoms with E-state index in [0.29, 0.717) is 5.92 Å². The molecule has 5 rings (SSSR count). The minimum atomic E-state index is -0.494. The summed E-state index contributed by atoms with van der Waals surface area (Å²) >= 11 is 2.28. The first-order valence-corrected chi connectivity index (χ1v) is 13.0. The Morgan fingerprint density at radius 2 is 1.62 bits per heavy atom. The third-order valence-electron chi connectivity index (χ3n) is 5.89. The first-order chi connectivity index (χ1) is 17.6. The van der Waals surface area contributed by atoms with Crippen LogP contribution in [0.25, 0.3) is 33.2 Å². The highest BCUT2D eigenvalue weighted by atomic mass is 127. The summed E-state index contributed by atoms with van der Waals surface area (Å²) in [5.41, 5.74) is 9.09. The van der Waals surface area contributed by atoms with Gasteiger partial charge in [-0.3, -0.25) is 9.36 Å². The standard InChI is InChI=1S/C20H25FN4O.C7H6IN3/c1-13(2)10-20(3,22)12-26-18-6-5-14(9-17(18)21)15-7-8-23-19-16(15)11-24-25(19)4;1-11-7-5(4-10-11)6(8)2-3-9-7/h5-9,11,13H,10,12,22H2,1-4H3;2-4H,1H3/t20-;/m0./s1. The van der Waals surface area contributed by atoms with Gasteiger partial charge in [-0.15, -0.1) is 0 Å². The molecule has 1 aromatic carbocycles. The summed E-state index contributed by atoms with van der Waals surface area (Å²) in [6.45, 7) is 6.40. The van der Waals surface area contributed by atoms with E-state index in [0.717, 1.165) is 39.6 Å². The normalized spacial score (nSPS) is 13.0. The molecule has 0 saturated heterocycles. The average molecular weight is 615 g/mol. The second-order valence-corrected chi connectivity index (χ2v) is 11.0. The number of rotatable bonds is 6. The Balaban J connectivity index is 0.000000241. The Kier molecular flexibility index (Phi) is 8.08. The fourth-order valence-corrected chi connectivity index (χ4v) is 4.87. The summed E-state index contributed by atoms with van der Waals surface area (Å²) in [4.78, 5) is 8.51. The van der Waals surface area contributed by atoms with E-state index in [1.165, 1.54) is 9.64 Å². The number of hydrogen-bond acceptors (Lipinski definition) is 6. The second-order valence-electron chi connectivity index (χ2n) is 9.85. The molecule has 2 N–H and O–H groups in total. The monoisotopic (exact) mass is 615 g/mol. The SMILES string of the molecule is CC(C)C[C@](C)(N)COc1ccc(-c2ccnc3c2cnn3C)cc1F.Cn1ncc2c(I)ccnc21. The number of benzene rings is 1. The zero-order chi connectivity index (χ0) is 26.7. The maximum Gasteiger partial charge on any atom is 0.165 e. The van der Waals surface area contributed by atoms with Gasteiger partial charge in [0.2, 0.25) is 0 Å². The molecule has 1 atom stereocenters. The van der Waals surface area contributed by atoms with Gasteiger partial charge in [-0.05, 0) is 77.2 Å². The lowest BCUT2D eigenvalue weighted by Gasteiger charge is -2.26. The molecule has 0 aliphatic heterocycles. The zero-order valence-electron chi connectivity index (χ0n) is 21.6. The maximum atomic E-state index is 14.6. The van der Waals surface area contributed by atoms with Crippen LogP contribution < -0.4 is 10.5 Å². The number of pyridine rings is 2. The van der Waals surface area contributed by atoms with Gasteiger partial charge in [-0.2, -0.15) is 10.2 Å². The van der Waals surface area contributed by atoms with Gasteiger partial charge in [0.1, 0.15) is 6.61 Å². The molecule has 0 saturated carbocycles. The minimum Gasteiger partial charge on any atom is -0.489 e. The number of fused-ring (bicyclic) bond motifs is 2. The molecule has 0 spiro atoms. The molecule has 5 aromatic rings. The third kappa shape index (κ3) is 6.24. The molecule has 0 aliphatic rings. The molecule has 8 nitrogen and oxygen atoms in total. The van der Waals surface area contributed by atoms with Crippen molar-refractivity contribution in [1.82, 2.24) is 29.5 Å². The summed E-state index contributed by atoms with van der Waals surface area (Å²) in [5, 5.41) is 10.3. The van der Waals surface area contributed by atoms with Crippen molar-refractivity contribution in [3.63, 3.8) is 0 Å². The molecule has 0 amide bonds. The molecule has 4 aromatic heterocycles. The quantitative estimate of drug-likeness (QED) is 0.254. The van der Waals surface area contributed by atoms with Crippen LogP contribution in [0.2, 0.25) is 0 Å². The van der Waals surface area contributed by atoms with Crippen molar-refractivity contribution in [2.45, 2.75) is 32.7 Å². The highest BCUT2D eigenvalue weighted by molar-refractivity contribution is 14.1. The molecule has 4 heterocycles. The number of aromatic nitrogens is 6. The lowest BCUT2D eigenvalue weighted by Crippen LogP contribution is -2.43. The van der Waals surface area contributed by atoms with Gasteiger partial charge in [-0.1, -0.05) is 19.9 Å². The first-order valence-electron chi connectivity index (χ1n) is 12.0. The van der Waals surface area contributed by atoms with Crippen LogP contribution >= 0.6 is 22.6 Å². The fraction of sp³-hybridized carbons (Fsp3) is 0.333. The van der Waals surface area contributed by atoms with E-state index < -0.39 is 11.4 Å². The van der Waals surface area contributed by atoms with Gasteiger partial charge < -0.3 is 10.5 Å².